The van der Waals surface area contributed by atoms with Crippen LogP contribution in [0.2, 0.25) is 0 Å². The molecule has 0 amide bonds. The van der Waals surface area contributed by atoms with Gasteiger partial charge in [-0.1, -0.05) is 91.0 Å². The predicted octanol–water partition coefficient (Wildman–Crippen LogP) is 5.63. The summed E-state index contributed by atoms with van der Waals surface area (Å²) >= 11 is 0. The van der Waals surface area contributed by atoms with Gasteiger partial charge in [-0.2, -0.15) is 10.5 Å². The lowest BCUT2D eigenvalue weighted by atomic mass is 9.96. The SMILES string of the molecule is N#CC(C#N)=CC1=CO[C@H](COCc2ccccc2)[C@@H](OCc2ccccc2)[C@@H]1OCc1ccccc1. The van der Waals surface area contributed by atoms with E-state index < -0.39 is 18.3 Å². The van der Waals surface area contributed by atoms with E-state index in [1.54, 1.807) is 6.26 Å². The summed E-state index contributed by atoms with van der Waals surface area (Å²) in [4.78, 5) is 0. The number of nitriles is 2. The fraction of sp³-hybridized carbons (Fsp3) is 0.226. The fourth-order valence-electron chi connectivity index (χ4n) is 3.98. The molecule has 0 aliphatic carbocycles. The van der Waals surface area contributed by atoms with Crippen molar-refractivity contribution in [3.05, 3.63) is 131 Å². The number of hydrogen-bond acceptors (Lipinski definition) is 6. The van der Waals surface area contributed by atoms with Gasteiger partial charge >= 0.3 is 0 Å². The van der Waals surface area contributed by atoms with Crippen molar-refractivity contribution >= 4 is 0 Å². The van der Waals surface area contributed by atoms with E-state index in [0.717, 1.165) is 16.7 Å². The van der Waals surface area contributed by atoms with Crippen molar-refractivity contribution in [1.29, 1.82) is 10.5 Å². The highest BCUT2D eigenvalue weighted by Gasteiger charge is 2.38. The molecular formula is C31H28N2O4. The highest BCUT2D eigenvalue weighted by molar-refractivity contribution is 5.43. The molecule has 0 saturated heterocycles. The molecule has 186 valence electrons. The van der Waals surface area contributed by atoms with E-state index >= 15 is 0 Å². The maximum Gasteiger partial charge on any atom is 0.150 e. The Kier molecular flexibility index (Phi) is 9.63. The maximum absolute atomic E-state index is 9.34. The smallest absolute Gasteiger partial charge is 0.150 e. The van der Waals surface area contributed by atoms with Crippen LogP contribution in [-0.2, 0) is 38.8 Å². The van der Waals surface area contributed by atoms with Gasteiger partial charge in [-0.3, -0.25) is 0 Å². The molecule has 3 atom stereocenters. The average Bonchev–Trinajstić information content (AvgIpc) is 2.96. The summed E-state index contributed by atoms with van der Waals surface area (Å²) < 4.78 is 24.8. The monoisotopic (exact) mass is 492 g/mol. The summed E-state index contributed by atoms with van der Waals surface area (Å²) in [6.07, 6.45) is 1.45. The Morgan fingerprint density at radius 2 is 1.24 bits per heavy atom. The molecule has 3 aromatic rings. The molecule has 37 heavy (non-hydrogen) atoms. The maximum atomic E-state index is 9.34. The van der Waals surface area contributed by atoms with Crippen LogP contribution in [0.25, 0.3) is 0 Å². The molecule has 6 heteroatoms. The van der Waals surface area contributed by atoms with Crippen LogP contribution >= 0.6 is 0 Å². The summed E-state index contributed by atoms with van der Waals surface area (Å²) in [5.74, 6) is 0. The number of hydrogen-bond donors (Lipinski definition) is 0. The Balaban J connectivity index is 1.57. The second-order valence-corrected chi connectivity index (χ2v) is 8.55. The van der Waals surface area contributed by atoms with Gasteiger partial charge in [0.25, 0.3) is 0 Å². The molecule has 0 aromatic heterocycles. The minimum atomic E-state index is -0.584. The average molecular weight is 493 g/mol. The number of nitrogens with zero attached hydrogens (tertiary/aromatic N) is 2. The third-order valence-electron chi connectivity index (χ3n) is 5.88. The molecule has 3 aromatic carbocycles. The quantitative estimate of drug-likeness (QED) is 0.323. The van der Waals surface area contributed by atoms with E-state index in [-0.39, 0.29) is 12.2 Å². The molecule has 4 rings (SSSR count). The van der Waals surface area contributed by atoms with Crippen LogP contribution in [0, 0.1) is 22.7 Å². The Morgan fingerprint density at radius 3 is 1.78 bits per heavy atom. The van der Waals surface area contributed by atoms with Gasteiger partial charge in [-0.15, -0.1) is 0 Å². The lowest BCUT2D eigenvalue weighted by Crippen LogP contribution is -2.47. The first-order valence-corrected chi connectivity index (χ1v) is 12.1. The van der Waals surface area contributed by atoms with E-state index in [2.05, 4.69) is 0 Å². The number of allylic oxidation sites excluding steroid dienone is 1. The van der Waals surface area contributed by atoms with Gasteiger partial charge in [-0.05, 0) is 22.8 Å². The molecule has 0 fully saturated rings. The first-order chi connectivity index (χ1) is 18.3. The predicted molar refractivity (Wildman–Crippen MR) is 138 cm³/mol. The van der Waals surface area contributed by atoms with Gasteiger partial charge in [0.05, 0.1) is 32.7 Å². The Morgan fingerprint density at radius 1 is 0.730 bits per heavy atom. The van der Waals surface area contributed by atoms with Gasteiger partial charge in [0, 0.05) is 5.57 Å². The van der Waals surface area contributed by atoms with Crippen molar-refractivity contribution in [2.75, 3.05) is 6.61 Å². The number of benzene rings is 3. The molecule has 0 N–H and O–H groups in total. The van der Waals surface area contributed by atoms with Gasteiger partial charge in [0.1, 0.15) is 36.0 Å². The summed E-state index contributed by atoms with van der Waals surface area (Å²) in [7, 11) is 0. The van der Waals surface area contributed by atoms with E-state index in [0.29, 0.717) is 25.4 Å². The summed E-state index contributed by atoms with van der Waals surface area (Å²) in [6.45, 7) is 1.38. The van der Waals surface area contributed by atoms with E-state index in [9.17, 15) is 10.5 Å². The van der Waals surface area contributed by atoms with Gasteiger partial charge in [0.15, 0.2) is 0 Å². The Hall–Kier alpha value is -4.20. The summed E-state index contributed by atoms with van der Waals surface area (Å²) in [6, 6.07) is 33.4. The zero-order chi connectivity index (χ0) is 25.7. The van der Waals surface area contributed by atoms with Crippen molar-refractivity contribution < 1.29 is 18.9 Å². The summed E-state index contributed by atoms with van der Waals surface area (Å²) in [5.41, 5.74) is 3.59. The highest BCUT2D eigenvalue weighted by Crippen LogP contribution is 2.29. The first-order valence-electron chi connectivity index (χ1n) is 12.1. The van der Waals surface area contributed by atoms with E-state index in [1.165, 1.54) is 6.08 Å². The second-order valence-electron chi connectivity index (χ2n) is 8.55. The topological polar surface area (TPSA) is 84.5 Å². The third-order valence-corrected chi connectivity index (χ3v) is 5.88. The first kappa shape index (κ1) is 25.9. The van der Waals surface area contributed by atoms with Crippen LogP contribution in [0.15, 0.2) is 114 Å². The van der Waals surface area contributed by atoms with Crippen LogP contribution in [0.5, 0.6) is 0 Å². The largest absolute Gasteiger partial charge is 0.492 e. The number of ether oxygens (including phenoxy) is 4. The molecule has 0 saturated carbocycles. The van der Waals surface area contributed by atoms with Crippen molar-refractivity contribution in [1.82, 2.24) is 0 Å². The minimum absolute atomic E-state index is 0.0382. The minimum Gasteiger partial charge on any atom is -0.492 e. The van der Waals surface area contributed by atoms with Crippen LogP contribution in [0.4, 0.5) is 0 Å². The van der Waals surface area contributed by atoms with Crippen molar-refractivity contribution in [2.24, 2.45) is 0 Å². The summed E-state index contributed by atoms with van der Waals surface area (Å²) in [5, 5.41) is 18.7. The van der Waals surface area contributed by atoms with Crippen LogP contribution in [0.3, 0.4) is 0 Å². The molecule has 1 aliphatic heterocycles. The third kappa shape index (κ3) is 7.64. The Labute approximate surface area is 217 Å². The normalized spacial score (nSPS) is 18.5. The van der Waals surface area contributed by atoms with E-state index in [1.807, 2.05) is 103 Å². The molecule has 0 radical (unpaired) electrons. The standard InChI is InChI=1S/C31H28N2O4/c32-17-27(18-33)16-28-22-35-29(23-34-19-24-10-4-1-5-11-24)31(37-21-26-14-8-3-9-15-26)30(28)36-20-25-12-6-2-7-13-25/h1-16,22,29-31H,19-21,23H2/t29-,30-,31-/m1/s1. The highest BCUT2D eigenvalue weighted by atomic mass is 16.6. The molecule has 1 heterocycles. The second kappa shape index (κ2) is 13.8. The van der Waals surface area contributed by atoms with Gasteiger partial charge < -0.3 is 18.9 Å². The zero-order valence-electron chi connectivity index (χ0n) is 20.4. The molecule has 0 bridgehead atoms. The Bertz CT molecular complexity index is 1250. The molecule has 6 nitrogen and oxygen atoms in total. The molecule has 1 aliphatic rings. The lowest BCUT2D eigenvalue weighted by molar-refractivity contribution is -0.150. The van der Waals surface area contributed by atoms with Gasteiger partial charge in [-0.25, -0.2) is 0 Å². The van der Waals surface area contributed by atoms with Crippen molar-refractivity contribution in [2.45, 2.75) is 38.1 Å². The number of rotatable bonds is 11. The lowest BCUT2D eigenvalue weighted by Gasteiger charge is -2.37. The van der Waals surface area contributed by atoms with Gasteiger partial charge in [0.2, 0.25) is 0 Å². The molecule has 0 unspecified atom stereocenters. The zero-order valence-corrected chi connectivity index (χ0v) is 20.4. The molecular weight excluding hydrogens is 464 g/mol. The van der Waals surface area contributed by atoms with Crippen molar-refractivity contribution in [3.8, 4) is 12.1 Å². The fourth-order valence-corrected chi connectivity index (χ4v) is 3.98. The van der Waals surface area contributed by atoms with Crippen LogP contribution in [-0.4, -0.2) is 24.9 Å². The van der Waals surface area contributed by atoms with Crippen LogP contribution in [0.1, 0.15) is 16.7 Å². The molecule has 0 spiro atoms. The van der Waals surface area contributed by atoms with Crippen LogP contribution < -0.4 is 0 Å². The van der Waals surface area contributed by atoms with E-state index in [4.69, 9.17) is 18.9 Å². The van der Waals surface area contributed by atoms with Crippen molar-refractivity contribution in [3.63, 3.8) is 0 Å².